The molecule has 2 atom stereocenters. The van der Waals surface area contributed by atoms with Crippen molar-refractivity contribution in [3.8, 4) is 17.2 Å². The van der Waals surface area contributed by atoms with Crippen LogP contribution in [-0.4, -0.2) is 26.2 Å². The van der Waals surface area contributed by atoms with Crippen LogP contribution in [0.25, 0.3) is 0 Å². The lowest BCUT2D eigenvalue weighted by Crippen LogP contribution is -2.38. The fourth-order valence-corrected chi connectivity index (χ4v) is 2.48. The van der Waals surface area contributed by atoms with Gasteiger partial charge in [0.2, 0.25) is 0 Å². The molecule has 2 aromatic carbocycles. The molecule has 0 fully saturated rings. The van der Waals surface area contributed by atoms with Crippen LogP contribution in [-0.2, 0) is 4.79 Å². The number of hydrogen-bond donors (Lipinski definition) is 1. The SMILES string of the molecule is CC[C@@H](NC(=O)[C@H](C)Oc1cccc(OC)c1)c1ccc(OC)cc1. The third-order valence-electron chi connectivity index (χ3n) is 3.97. The van der Waals surface area contributed by atoms with E-state index < -0.39 is 6.10 Å². The van der Waals surface area contributed by atoms with Crippen LogP contribution < -0.4 is 19.5 Å². The number of nitrogens with one attached hydrogen (secondary N) is 1. The molecule has 0 spiro atoms. The molecule has 1 amide bonds. The second kappa shape index (κ2) is 8.97. The minimum absolute atomic E-state index is 0.0743. The average molecular weight is 343 g/mol. The third kappa shape index (κ3) is 5.14. The van der Waals surface area contributed by atoms with E-state index in [4.69, 9.17) is 14.2 Å². The van der Waals surface area contributed by atoms with E-state index in [1.807, 2.05) is 43.3 Å². The van der Waals surface area contributed by atoms with Crippen molar-refractivity contribution >= 4 is 5.91 Å². The van der Waals surface area contributed by atoms with Crippen LogP contribution in [0.3, 0.4) is 0 Å². The van der Waals surface area contributed by atoms with Gasteiger partial charge in [-0.3, -0.25) is 4.79 Å². The Kier molecular flexibility index (Phi) is 6.69. The van der Waals surface area contributed by atoms with E-state index >= 15 is 0 Å². The first-order valence-corrected chi connectivity index (χ1v) is 8.32. The topological polar surface area (TPSA) is 56.8 Å². The van der Waals surface area contributed by atoms with Gasteiger partial charge in [-0.15, -0.1) is 0 Å². The number of benzene rings is 2. The van der Waals surface area contributed by atoms with Gasteiger partial charge in [0, 0.05) is 6.07 Å². The van der Waals surface area contributed by atoms with Crippen LogP contribution in [0.15, 0.2) is 48.5 Å². The van der Waals surface area contributed by atoms with E-state index in [1.54, 1.807) is 33.3 Å². The largest absolute Gasteiger partial charge is 0.497 e. The van der Waals surface area contributed by atoms with E-state index in [0.29, 0.717) is 11.5 Å². The Morgan fingerprint density at radius 2 is 1.64 bits per heavy atom. The van der Waals surface area contributed by atoms with Crippen LogP contribution in [0, 0.1) is 0 Å². The molecule has 1 N–H and O–H groups in total. The van der Waals surface area contributed by atoms with Crippen molar-refractivity contribution in [3.05, 3.63) is 54.1 Å². The van der Waals surface area contributed by atoms with Crippen molar-refractivity contribution in [2.45, 2.75) is 32.4 Å². The van der Waals surface area contributed by atoms with Crippen molar-refractivity contribution in [2.75, 3.05) is 14.2 Å². The maximum atomic E-state index is 12.5. The summed E-state index contributed by atoms with van der Waals surface area (Å²) in [4.78, 5) is 12.5. The summed E-state index contributed by atoms with van der Waals surface area (Å²) in [6.45, 7) is 3.76. The summed E-state index contributed by atoms with van der Waals surface area (Å²) in [5.41, 5.74) is 1.03. The van der Waals surface area contributed by atoms with Crippen molar-refractivity contribution in [1.82, 2.24) is 5.32 Å². The van der Waals surface area contributed by atoms with Gasteiger partial charge in [0.15, 0.2) is 6.10 Å². The second-order valence-corrected chi connectivity index (χ2v) is 5.68. The smallest absolute Gasteiger partial charge is 0.261 e. The van der Waals surface area contributed by atoms with Crippen molar-refractivity contribution in [1.29, 1.82) is 0 Å². The fourth-order valence-electron chi connectivity index (χ4n) is 2.48. The highest BCUT2D eigenvalue weighted by Crippen LogP contribution is 2.22. The summed E-state index contributed by atoms with van der Waals surface area (Å²) >= 11 is 0. The minimum atomic E-state index is -0.612. The molecule has 134 valence electrons. The molecular weight excluding hydrogens is 318 g/mol. The standard InChI is InChI=1S/C20H25NO4/c1-5-19(15-9-11-16(23-3)12-10-15)21-20(22)14(2)25-18-8-6-7-17(13-18)24-4/h6-14,19H,5H2,1-4H3,(H,21,22)/t14-,19+/m0/s1. The van der Waals surface area contributed by atoms with Gasteiger partial charge in [-0.05, 0) is 43.2 Å². The molecule has 0 saturated carbocycles. The molecule has 0 radical (unpaired) electrons. The normalized spacial score (nSPS) is 12.8. The average Bonchev–Trinajstić information content (AvgIpc) is 2.66. The highest BCUT2D eigenvalue weighted by molar-refractivity contribution is 5.81. The van der Waals surface area contributed by atoms with Crippen molar-refractivity contribution in [2.24, 2.45) is 0 Å². The number of carbonyl (C=O) groups is 1. The van der Waals surface area contributed by atoms with Gasteiger partial charge in [-0.1, -0.05) is 25.1 Å². The maximum Gasteiger partial charge on any atom is 0.261 e. The van der Waals surface area contributed by atoms with Crippen LogP contribution >= 0.6 is 0 Å². The number of hydrogen-bond acceptors (Lipinski definition) is 4. The zero-order valence-corrected chi connectivity index (χ0v) is 15.1. The molecule has 0 aliphatic rings. The van der Waals surface area contributed by atoms with Crippen molar-refractivity contribution in [3.63, 3.8) is 0 Å². The summed E-state index contributed by atoms with van der Waals surface area (Å²) < 4.78 is 16.1. The quantitative estimate of drug-likeness (QED) is 0.793. The minimum Gasteiger partial charge on any atom is -0.497 e. The molecule has 25 heavy (non-hydrogen) atoms. The number of rotatable bonds is 8. The van der Waals surface area contributed by atoms with Crippen molar-refractivity contribution < 1.29 is 19.0 Å². The second-order valence-electron chi connectivity index (χ2n) is 5.68. The number of ether oxygens (including phenoxy) is 3. The van der Waals surface area contributed by atoms with Gasteiger partial charge in [-0.2, -0.15) is 0 Å². The molecule has 0 bridgehead atoms. The summed E-state index contributed by atoms with van der Waals surface area (Å²) in [6, 6.07) is 14.8. The lowest BCUT2D eigenvalue weighted by molar-refractivity contribution is -0.128. The highest BCUT2D eigenvalue weighted by Gasteiger charge is 2.19. The summed E-state index contributed by atoms with van der Waals surface area (Å²) in [7, 11) is 3.22. The van der Waals surface area contributed by atoms with Gasteiger partial charge < -0.3 is 19.5 Å². The van der Waals surface area contributed by atoms with E-state index in [-0.39, 0.29) is 11.9 Å². The summed E-state index contributed by atoms with van der Waals surface area (Å²) in [6.07, 6.45) is 0.170. The number of carbonyl (C=O) groups excluding carboxylic acids is 1. The first-order chi connectivity index (χ1) is 12.1. The van der Waals surface area contributed by atoms with E-state index in [0.717, 1.165) is 17.7 Å². The molecule has 0 saturated heterocycles. The van der Waals surface area contributed by atoms with Crippen LogP contribution in [0.4, 0.5) is 0 Å². The predicted molar refractivity (Wildman–Crippen MR) is 97.3 cm³/mol. The third-order valence-corrected chi connectivity index (χ3v) is 3.97. The Balaban J connectivity index is 1.99. The summed E-state index contributed by atoms with van der Waals surface area (Å²) in [5, 5.41) is 3.03. The van der Waals surface area contributed by atoms with Gasteiger partial charge in [0.25, 0.3) is 5.91 Å². The Bertz CT molecular complexity index is 684. The first kappa shape index (κ1) is 18.6. The molecule has 0 aromatic heterocycles. The van der Waals surface area contributed by atoms with Crippen LogP contribution in [0.1, 0.15) is 31.9 Å². The van der Waals surface area contributed by atoms with E-state index in [1.165, 1.54) is 0 Å². The van der Waals surface area contributed by atoms with Crippen LogP contribution in [0.2, 0.25) is 0 Å². The lowest BCUT2D eigenvalue weighted by atomic mass is 10.0. The molecule has 0 heterocycles. The van der Waals surface area contributed by atoms with E-state index in [9.17, 15) is 4.79 Å². The maximum absolute atomic E-state index is 12.5. The van der Waals surface area contributed by atoms with Gasteiger partial charge >= 0.3 is 0 Å². The molecular formula is C20H25NO4. The number of amides is 1. The van der Waals surface area contributed by atoms with Gasteiger partial charge in [-0.25, -0.2) is 0 Å². The zero-order chi connectivity index (χ0) is 18.2. The van der Waals surface area contributed by atoms with Gasteiger partial charge in [0.1, 0.15) is 17.2 Å². The Labute approximate surface area is 148 Å². The molecule has 5 heteroatoms. The molecule has 2 rings (SSSR count). The fraction of sp³-hybridized carbons (Fsp3) is 0.350. The molecule has 2 aromatic rings. The molecule has 0 aliphatic heterocycles. The Hall–Kier alpha value is -2.69. The Morgan fingerprint density at radius 1 is 1.00 bits per heavy atom. The summed E-state index contributed by atoms with van der Waals surface area (Å²) in [5.74, 6) is 1.92. The molecule has 5 nitrogen and oxygen atoms in total. The van der Waals surface area contributed by atoms with Gasteiger partial charge in [0.05, 0.1) is 20.3 Å². The highest BCUT2D eigenvalue weighted by atomic mass is 16.5. The predicted octanol–water partition coefficient (Wildman–Crippen LogP) is 3.74. The Morgan fingerprint density at radius 3 is 2.24 bits per heavy atom. The first-order valence-electron chi connectivity index (χ1n) is 8.32. The van der Waals surface area contributed by atoms with E-state index in [2.05, 4.69) is 5.32 Å². The monoisotopic (exact) mass is 343 g/mol. The zero-order valence-electron chi connectivity index (χ0n) is 15.1. The number of methoxy groups -OCH3 is 2. The molecule has 0 unspecified atom stereocenters. The van der Waals surface area contributed by atoms with Crippen LogP contribution in [0.5, 0.6) is 17.2 Å². The molecule has 0 aliphatic carbocycles. The lowest BCUT2D eigenvalue weighted by Gasteiger charge is -2.21.